The average molecular weight is 365 g/mol. The van der Waals surface area contributed by atoms with Crippen molar-refractivity contribution in [1.29, 1.82) is 0 Å². The SMILES string of the molecule is CNCC1CCN(S(=O)(=O)c2cc(OC)c(OC)cc2C)C1.Cl. The normalized spacial score (nSPS) is 18.5. The number of rotatable bonds is 6. The van der Waals surface area contributed by atoms with Crippen molar-refractivity contribution in [3.05, 3.63) is 17.7 Å². The average Bonchev–Trinajstić information content (AvgIpc) is 2.96. The molecule has 2 rings (SSSR count). The second-order valence-corrected chi connectivity index (χ2v) is 7.45. The molecule has 1 atom stereocenters. The van der Waals surface area contributed by atoms with Gasteiger partial charge in [-0.3, -0.25) is 0 Å². The number of ether oxygens (including phenoxy) is 2. The summed E-state index contributed by atoms with van der Waals surface area (Å²) in [6.07, 6.45) is 0.881. The minimum absolute atomic E-state index is 0. The van der Waals surface area contributed by atoms with E-state index < -0.39 is 10.0 Å². The summed E-state index contributed by atoms with van der Waals surface area (Å²) in [6, 6.07) is 3.25. The summed E-state index contributed by atoms with van der Waals surface area (Å²) in [5, 5.41) is 3.11. The standard InChI is InChI=1S/C15H24N2O4S.ClH/c1-11-7-13(20-3)14(21-4)8-15(11)22(18,19)17-6-5-12(10-17)9-16-2;/h7-8,12,16H,5-6,9-10H2,1-4H3;1H. The number of nitrogens with zero attached hydrogens (tertiary/aromatic N) is 1. The highest BCUT2D eigenvalue weighted by Crippen LogP contribution is 2.34. The molecule has 8 heteroatoms. The fourth-order valence-corrected chi connectivity index (χ4v) is 4.60. The molecular weight excluding hydrogens is 340 g/mol. The first-order valence-electron chi connectivity index (χ1n) is 7.31. The number of methoxy groups -OCH3 is 2. The molecule has 0 amide bonds. The van der Waals surface area contributed by atoms with Crippen molar-refractivity contribution in [2.45, 2.75) is 18.2 Å². The molecule has 0 radical (unpaired) electrons. The van der Waals surface area contributed by atoms with Gasteiger partial charge in [0.1, 0.15) is 0 Å². The highest BCUT2D eigenvalue weighted by molar-refractivity contribution is 7.89. The molecule has 0 bridgehead atoms. The summed E-state index contributed by atoms with van der Waals surface area (Å²) in [5.74, 6) is 1.33. The van der Waals surface area contributed by atoms with Crippen LogP contribution in [0.5, 0.6) is 11.5 Å². The van der Waals surface area contributed by atoms with Crippen molar-refractivity contribution in [2.75, 3.05) is 40.9 Å². The van der Waals surface area contributed by atoms with Gasteiger partial charge in [-0.2, -0.15) is 4.31 Å². The monoisotopic (exact) mass is 364 g/mol. The van der Waals surface area contributed by atoms with Gasteiger partial charge in [0, 0.05) is 19.2 Å². The minimum Gasteiger partial charge on any atom is -0.493 e. The van der Waals surface area contributed by atoms with E-state index in [1.165, 1.54) is 14.2 Å². The molecule has 132 valence electrons. The molecule has 0 aliphatic carbocycles. The third-order valence-corrected chi connectivity index (χ3v) is 6.05. The molecule has 1 aliphatic rings. The van der Waals surface area contributed by atoms with E-state index in [0.717, 1.165) is 13.0 Å². The summed E-state index contributed by atoms with van der Waals surface area (Å²) >= 11 is 0. The van der Waals surface area contributed by atoms with Gasteiger partial charge in [-0.05, 0) is 44.5 Å². The molecule has 1 fully saturated rings. The van der Waals surface area contributed by atoms with E-state index in [1.807, 2.05) is 7.05 Å². The van der Waals surface area contributed by atoms with Crippen LogP contribution in [0.1, 0.15) is 12.0 Å². The number of hydrogen-bond acceptors (Lipinski definition) is 5. The zero-order chi connectivity index (χ0) is 16.3. The maximum absolute atomic E-state index is 12.9. The zero-order valence-corrected chi connectivity index (χ0v) is 15.6. The van der Waals surface area contributed by atoms with Gasteiger partial charge < -0.3 is 14.8 Å². The van der Waals surface area contributed by atoms with Crippen molar-refractivity contribution in [3.8, 4) is 11.5 Å². The van der Waals surface area contributed by atoms with E-state index in [4.69, 9.17) is 9.47 Å². The maximum Gasteiger partial charge on any atom is 0.243 e. The Kier molecular flexibility index (Phi) is 7.13. The van der Waals surface area contributed by atoms with Crippen molar-refractivity contribution >= 4 is 22.4 Å². The Morgan fingerprint density at radius 1 is 1.26 bits per heavy atom. The number of halogens is 1. The van der Waals surface area contributed by atoms with E-state index in [-0.39, 0.29) is 17.3 Å². The van der Waals surface area contributed by atoms with Crippen LogP contribution in [-0.2, 0) is 10.0 Å². The molecule has 1 N–H and O–H groups in total. The summed E-state index contributed by atoms with van der Waals surface area (Å²) in [4.78, 5) is 0.287. The Balaban J connectivity index is 0.00000264. The third-order valence-electron chi connectivity index (χ3n) is 4.04. The Labute approximate surface area is 144 Å². The van der Waals surface area contributed by atoms with Gasteiger partial charge >= 0.3 is 0 Å². The molecule has 6 nitrogen and oxygen atoms in total. The first-order valence-corrected chi connectivity index (χ1v) is 8.75. The molecule has 0 saturated carbocycles. The molecular formula is C15H25ClN2O4S. The van der Waals surface area contributed by atoms with Crippen LogP contribution in [0.3, 0.4) is 0 Å². The Hall–Kier alpha value is -1.02. The molecule has 1 unspecified atom stereocenters. The lowest BCUT2D eigenvalue weighted by Gasteiger charge is -2.19. The first kappa shape index (κ1) is 20.0. The van der Waals surface area contributed by atoms with Crippen LogP contribution in [0, 0.1) is 12.8 Å². The molecule has 1 saturated heterocycles. The van der Waals surface area contributed by atoms with Crippen molar-refractivity contribution in [2.24, 2.45) is 5.92 Å². The van der Waals surface area contributed by atoms with Crippen LogP contribution in [0.15, 0.2) is 17.0 Å². The molecule has 0 spiro atoms. The smallest absolute Gasteiger partial charge is 0.243 e. The van der Waals surface area contributed by atoms with Crippen molar-refractivity contribution in [1.82, 2.24) is 9.62 Å². The number of benzene rings is 1. The van der Waals surface area contributed by atoms with Crippen molar-refractivity contribution < 1.29 is 17.9 Å². The van der Waals surface area contributed by atoms with Crippen LogP contribution >= 0.6 is 12.4 Å². The zero-order valence-electron chi connectivity index (χ0n) is 14.0. The number of sulfonamides is 1. The van der Waals surface area contributed by atoms with Gasteiger partial charge in [0.2, 0.25) is 10.0 Å². The van der Waals surface area contributed by atoms with Crippen LogP contribution in [0.25, 0.3) is 0 Å². The second kappa shape index (κ2) is 8.19. The largest absolute Gasteiger partial charge is 0.493 e. The topological polar surface area (TPSA) is 67.9 Å². The molecule has 1 aliphatic heterocycles. The molecule has 23 heavy (non-hydrogen) atoms. The quantitative estimate of drug-likeness (QED) is 0.831. The summed E-state index contributed by atoms with van der Waals surface area (Å²) in [5.41, 5.74) is 0.662. The summed E-state index contributed by atoms with van der Waals surface area (Å²) in [6.45, 7) is 3.71. The van der Waals surface area contributed by atoms with Gasteiger partial charge in [-0.15, -0.1) is 12.4 Å². The third kappa shape index (κ3) is 4.09. The number of nitrogens with one attached hydrogen (secondary N) is 1. The Bertz CT molecular complexity index is 637. The summed E-state index contributed by atoms with van der Waals surface area (Å²) in [7, 11) is 1.41. The predicted octanol–water partition coefficient (Wildman–Crippen LogP) is 1.66. The van der Waals surface area contributed by atoms with Crippen LogP contribution in [0.2, 0.25) is 0 Å². The van der Waals surface area contributed by atoms with Crippen molar-refractivity contribution in [3.63, 3.8) is 0 Å². The fraction of sp³-hybridized carbons (Fsp3) is 0.600. The van der Waals surface area contributed by atoms with Gasteiger partial charge in [-0.25, -0.2) is 8.42 Å². The van der Waals surface area contributed by atoms with E-state index in [1.54, 1.807) is 23.4 Å². The van der Waals surface area contributed by atoms with E-state index >= 15 is 0 Å². The van der Waals surface area contributed by atoms with Gasteiger partial charge in [0.25, 0.3) is 0 Å². The minimum atomic E-state index is -3.51. The number of aryl methyl sites for hydroxylation is 1. The van der Waals surface area contributed by atoms with Gasteiger partial charge in [-0.1, -0.05) is 0 Å². The molecule has 1 heterocycles. The Morgan fingerprint density at radius 3 is 2.43 bits per heavy atom. The summed E-state index contributed by atoms with van der Waals surface area (Å²) < 4.78 is 37.8. The lowest BCUT2D eigenvalue weighted by molar-refractivity contribution is 0.353. The van der Waals surface area contributed by atoms with Gasteiger partial charge in [0.05, 0.1) is 19.1 Å². The van der Waals surface area contributed by atoms with E-state index in [9.17, 15) is 8.42 Å². The molecule has 1 aromatic carbocycles. The molecule has 1 aromatic rings. The first-order chi connectivity index (χ1) is 10.4. The lowest BCUT2D eigenvalue weighted by Crippen LogP contribution is -2.31. The Morgan fingerprint density at radius 2 is 1.87 bits per heavy atom. The van der Waals surface area contributed by atoms with Crippen LogP contribution < -0.4 is 14.8 Å². The highest BCUT2D eigenvalue weighted by atomic mass is 35.5. The second-order valence-electron chi connectivity index (χ2n) is 5.55. The predicted molar refractivity (Wildman–Crippen MR) is 92.3 cm³/mol. The fourth-order valence-electron chi connectivity index (χ4n) is 2.85. The molecule has 0 aromatic heterocycles. The van der Waals surface area contributed by atoms with Crippen LogP contribution in [-0.4, -0.2) is 53.6 Å². The van der Waals surface area contributed by atoms with E-state index in [0.29, 0.717) is 36.1 Å². The number of hydrogen-bond donors (Lipinski definition) is 1. The van der Waals surface area contributed by atoms with Gasteiger partial charge in [0.15, 0.2) is 11.5 Å². The van der Waals surface area contributed by atoms with Crippen LogP contribution in [0.4, 0.5) is 0 Å². The highest BCUT2D eigenvalue weighted by Gasteiger charge is 2.33. The van der Waals surface area contributed by atoms with E-state index in [2.05, 4.69) is 5.32 Å². The maximum atomic E-state index is 12.9. The lowest BCUT2D eigenvalue weighted by atomic mass is 10.1.